The summed E-state index contributed by atoms with van der Waals surface area (Å²) in [5.74, 6) is 1.82. The van der Waals surface area contributed by atoms with E-state index in [9.17, 15) is 4.79 Å². The maximum Gasteiger partial charge on any atom is 0.248 e. The Hall–Kier alpha value is -2.64. The first-order valence-electron chi connectivity index (χ1n) is 11.2. The van der Waals surface area contributed by atoms with Gasteiger partial charge in [-0.25, -0.2) is 9.67 Å². The fourth-order valence-electron chi connectivity index (χ4n) is 5.29. The molecule has 1 aromatic heterocycles. The van der Waals surface area contributed by atoms with E-state index >= 15 is 0 Å². The van der Waals surface area contributed by atoms with Crippen LogP contribution in [0.1, 0.15) is 41.9 Å². The fourth-order valence-corrected chi connectivity index (χ4v) is 5.69. The summed E-state index contributed by atoms with van der Waals surface area (Å²) < 4.78 is 1.91. The normalized spacial score (nSPS) is 22.9. The third-order valence-electron chi connectivity index (χ3n) is 7.06. The number of primary amides is 1. The van der Waals surface area contributed by atoms with Gasteiger partial charge in [0.05, 0.1) is 5.69 Å². The predicted molar refractivity (Wildman–Crippen MR) is 128 cm³/mol. The smallest absolute Gasteiger partial charge is 0.248 e. The lowest BCUT2D eigenvalue weighted by Gasteiger charge is -2.36. The van der Waals surface area contributed by atoms with Gasteiger partial charge in [-0.3, -0.25) is 4.79 Å². The number of fused-ring (bicyclic) bond motifs is 2. The van der Waals surface area contributed by atoms with Gasteiger partial charge in [-0.15, -0.1) is 16.9 Å². The van der Waals surface area contributed by atoms with Gasteiger partial charge < -0.3 is 10.6 Å². The largest absolute Gasteiger partial charge is 0.366 e. The molecule has 7 heteroatoms. The lowest BCUT2D eigenvalue weighted by molar-refractivity contribution is 0.1000. The molecular formula is C25H29N5OS. The van der Waals surface area contributed by atoms with Gasteiger partial charge in [0.25, 0.3) is 0 Å². The van der Waals surface area contributed by atoms with Crippen LogP contribution < -0.4 is 5.73 Å². The fraction of sp³-hybridized carbons (Fsp3) is 0.400. The zero-order chi connectivity index (χ0) is 22.2. The highest BCUT2D eigenvalue weighted by atomic mass is 32.2. The number of hydrogen-bond donors (Lipinski definition) is 1. The van der Waals surface area contributed by atoms with Gasteiger partial charge in [0, 0.05) is 34.5 Å². The number of thioether (sulfide) groups is 1. The second kappa shape index (κ2) is 8.71. The van der Waals surface area contributed by atoms with Crippen molar-refractivity contribution in [1.82, 2.24) is 19.7 Å². The first-order valence-corrected chi connectivity index (χ1v) is 12.5. The molecule has 0 spiro atoms. The van der Waals surface area contributed by atoms with Crippen molar-refractivity contribution in [2.45, 2.75) is 49.1 Å². The minimum atomic E-state index is -0.437. The van der Waals surface area contributed by atoms with Crippen LogP contribution in [0.5, 0.6) is 0 Å². The maximum atomic E-state index is 11.8. The van der Waals surface area contributed by atoms with Gasteiger partial charge in [-0.05, 0) is 75.2 Å². The summed E-state index contributed by atoms with van der Waals surface area (Å²) in [6.45, 7) is 0. The van der Waals surface area contributed by atoms with Crippen molar-refractivity contribution in [2.75, 3.05) is 13.3 Å². The Labute approximate surface area is 193 Å². The van der Waals surface area contributed by atoms with Crippen molar-refractivity contribution in [1.29, 1.82) is 0 Å². The highest BCUT2D eigenvalue weighted by Gasteiger charge is 2.38. The average molecular weight is 448 g/mol. The highest BCUT2D eigenvalue weighted by Crippen LogP contribution is 2.39. The standard InChI is InChI=1S/C25H29N5OS/c1-29-19-8-9-20(29)13-16(12-19)14-23-27-25(17-6-10-22(32-2)11-7-17)28-30(23)21-5-3-4-18(15-21)24(26)31/h3-7,10-11,15-16,19-20H,8-9,12-14H2,1-2H3,(H2,26,31). The monoisotopic (exact) mass is 447 g/mol. The SMILES string of the molecule is CSc1ccc(-c2nc(CC3CC4CCC(C3)N4C)n(-c3cccc(C(N)=O)c3)n2)cc1. The van der Waals surface area contributed by atoms with E-state index < -0.39 is 5.91 Å². The summed E-state index contributed by atoms with van der Waals surface area (Å²) in [4.78, 5) is 20.5. The lowest BCUT2D eigenvalue weighted by Crippen LogP contribution is -2.40. The Morgan fingerprint density at radius 2 is 1.84 bits per heavy atom. The van der Waals surface area contributed by atoms with Crippen LogP contribution >= 0.6 is 11.8 Å². The van der Waals surface area contributed by atoms with Gasteiger partial charge in [0.1, 0.15) is 5.82 Å². The summed E-state index contributed by atoms with van der Waals surface area (Å²) in [6.07, 6.45) is 7.98. The van der Waals surface area contributed by atoms with Crippen LogP contribution in [0.3, 0.4) is 0 Å². The second-order valence-corrected chi connectivity index (χ2v) is 9.88. The number of amides is 1. The summed E-state index contributed by atoms with van der Waals surface area (Å²) >= 11 is 1.72. The third-order valence-corrected chi connectivity index (χ3v) is 7.81. The van der Waals surface area contributed by atoms with Crippen molar-refractivity contribution in [3.63, 3.8) is 0 Å². The Bertz CT molecular complexity index is 1110. The van der Waals surface area contributed by atoms with Gasteiger partial charge >= 0.3 is 0 Å². The van der Waals surface area contributed by atoms with Gasteiger partial charge in [0.15, 0.2) is 5.82 Å². The van der Waals surface area contributed by atoms with Crippen LogP contribution in [0.25, 0.3) is 17.1 Å². The molecule has 2 saturated heterocycles. The van der Waals surface area contributed by atoms with Crippen molar-refractivity contribution >= 4 is 17.7 Å². The Kier molecular flexibility index (Phi) is 5.78. The molecule has 2 fully saturated rings. The predicted octanol–water partition coefficient (Wildman–Crippen LogP) is 4.17. The van der Waals surface area contributed by atoms with E-state index in [1.807, 2.05) is 16.8 Å². The molecule has 2 aliphatic heterocycles. The topological polar surface area (TPSA) is 77.0 Å². The molecule has 2 atom stereocenters. The Morgan fingerprint density at radius 3 is 2.50 bits per heavy atom. The van der Waals surface area contributed by atoms with Gasteiger partial charge in [-0.1, -0.05) is 18.2 Å². The van der Waals surface area contributed by atoms with E-state index in [1.165, 1.54) is 30.6 Å². The molecular weight excluding hydrogens is 418 g/mol. The molecule has 2 aromatic carbocycles. The Morgan fingerprint density at radius 1 is 1.12 bits per heavy atom. The number of nitrogens with zero attached hydrogens (tertiary/aromatic N) is 4. The molecule has 3 aromatic rings. The summed E-state index contributed by atoms with van der Waals surface area (Å²) in [5, 5.41) is 4.88. The molecule has 2 aliphatic rings. The lowest BCUT2D eigenvalue weighted by atomic mass is 9.88. The molecule has 1 amide bonds. The van der Waals surface area contributed by atoms with E-state index in [4.69, 9.17) is 15.8 Å². The van der Waals surface area contributed by atoms with Crippen molar-refractivity contribution in [3.05, 3.63) is 59.9 Å². The number of rotatable bonds is 6. The van der Waals surface area contributed by atoms with Crippen LogP contribution in [0.4, 0.5) is 0 Å². The molecule has 5 rings (SSSR count). The number of carbonyl (C=O) groups is 1. The number of nitrogens with two attached hydrogens (primary N) is 1. The number of benzene rings is 2. The average Bonchev–Trinajstić information content (AvgIpc) is 3.30. The van der Waals surface area contributed by atoms with E-state index in [1.54, 1.807) is 23.9 Å². The van der Waals surface area contributed by atoms with E-state index in [-0.39, 0.29) is 0 Å². The van der Waals surface area contributed by atoms with E-state index in [0.717, 1.165) is 23.5 Å². The minimum Gasteiger partial charge on any atom is -0.366 e. The van der Waals surface area contributed by atoms with Crippen LogP contribution in [-0.4, -0.2) is 51.0 Å². The number of aromatic nitrogens is 3. The second-order valence-electron chi connectivity index (χ2n) is 9.00. The molecule has 0 saturated carbocycles. The molecule has 2 N–H and O–H groups in total. The number of piperidine rings is 1. The van der Waals surface area contributed by atoms with Gasteiger partial charge in [-0.2, -0.15) is 0 Å². The van der Waals surface area contributed by atoms with Crippen molar-refractivity contribution in [2.24, 2.45) is 11.7 Å². The summed E-state index contributed by atoms with van der Waals surface area (Å²) in [7, 11) is 2.27. The maximum absolute atomic E-state index is 11.8. The minimum absolute atomic E-state index is 0.437. The van der Waals surface area contributed by atoms with E-state index in [2.05, 4.69) is 42.5 Å². The molecule has 6 nitrogen and oxygen atoms in total. The van der Waals surface area contributed by atoms with Crippen LogP contribution in [0.2, 0.25) is 0 Å². The first-order chi connectivity index (χ1) is 15.5. The van der Waals surface area contributed by atoms with Crippen LogP contribution in [0.15, 0.2) is 53.4 Å². The highest BCUT2D eigenvalue weighted by molar-refractivity contribution is 7.98. The summed E-state index contributed by atoms with van der Waals surface area (Å²) in [6, 6.07) is 17.1. The van der Waals surface area contributed by atoms with Crippen molar-refractivity contribution in [3.8, 4) is 17.1 Å². The third kappa shape index (κ3) is 4.07. The molecule has 2 unspecified atom stereocenters. The Balaban J connectivity index is 1.51. The molecule has 3 heterocycles. The van der Waals surface area contributed by atoms with Crippen LogP contribution in [0, 0.1) is 5.92 Å². The molecule has 166 valence electrons. The van der Waals surface area contributed by atoms with Crippen LogP contribution in [-0.2, 0) is 6.42 Å². The quantitative estimate of drug-likeness (QED) is 0.574. The molecule has 32 heavy (non-hydrogen) atoms. The zero-order valence-corrected chi connectivity index (χ0v) is 19.4. The molecule has 0 aliphatic carbocycles. The molecule has 0 radical (unpaired) electrons. The number of carbonyl (C=O) groups excluding carboxylic acids is 1. The summed E-state index contributed by atoms with van der Waals surface area (Å²) in [5.41, 5.74) is 7.83. The van der Waals surface area contributed by atoms with Gasteiger partial charge in [0.2, 0.25) is 5.91 Å². The first kappa shape index (κ1) is 21.2. The van der Waals surface area contributed by atoms with Crippen molar-refractivity contribution < 1.29 is 4.79 Å². The molecule has 2 bridgehead atoms. The number of hydrogen-bond acceptors (Lipinski definition) is 5. The van der Waals surface area contributed by atoms with E-state index in [0.29, 0.717) is 29.4 Å². The zero-order valence-electron chi connectivity index (χ0n) is 18.6.